The van der Waals surface area contributed by atoms with Crippen molar-refractivity contribution in [3.05, 3.63) is 24.0 Å². The average Bonchev–Trinajstić information content (AvgIpc) is 2.84. The molecule has 1 aromatic rings. The number of hydrogen-bond donors (Lipinski definition) is 1. The van der Waals surface area contributed by atoms with Crippen molar-refractivity contribution in [2.45, 2.75) is 25.8 Å². The van der Waals surface area contributed by atoms with Crippen LogP contribution in [0.2, 0.25) is 0 Å². The second kappa shape index (κ2) is 6.70. The molecule has 1 unspecified atom stereocenters. The lowest BCUT2D eigenvalue weighted by atomic mass is 10.1. The van der Waals surface area contributed by atoms with E-state index >= 15 is 0 Å². The molecule has 1 fully saturated rings. The predicted molar refractivity (Wildman–Crippen MR) is 81.0 cm³/mol. The minimum atomic E-state index is 0.0589. The van der Waals surface area contributed by atoms with Crippen LogP contribution in [0.1, 0.15) is 30.1 Å². The summed E-state index contributed by atoms with van der Waals surface area (Å²) in [5.74, 6) is 0.0589. The highest BCUT2D eigenvalue weighted by molar-refractivity contribution is 5.99. The lowest BCUT2D eigenvalue weighted by molar-refractivity contribution is 0.0762. The van der Waals surface area contributed by atoms with Crippen LogP contribution in [0.4, 0.5) is 5.69 Å². The molecule has 0 saturated carbocycles. The van der Waals surface area contributed by atoms with Crippen LogP contribution in [-0.4, -0.2) is 60.5 Å². The first-order valence-electron chi connectivity index (χ1n) is 7.27. The Hall–Kier alpha value is -1.62. The van der Waals surface area contributed by atoms with Gasteiger partial charge in [0.15, 0.2) is 0 Å². The van der Waals surface area contributed by atoms with Crippen LogP contribution in [0, 0.1) is 0 Å². The molecule has 1 aliphatic rings. The third-order valence-corrected chi connectivity index (χ3v) is 3.92. The molecule has 1 N–H and O–H groups in total. The standard InChI is InChI=1S/C15H24N4O/c1-4-17-14-10-16-8-7-13(14)15(20)19(3)11-12-6-5-9-18(12)2/h7-8,10,12,17H,4-6,9,11H2,1-3H3. The number of anilines is 1. The zero-order valence-electron chi connectivity index (χ0n) is 12.6. The molecular weight excluding hydrogens is 252 g/mol. The Morgan fingerprint density at radius 2 is 2.40 bits per heavy atom. The first-order chi connectivity index (χ1) is 9.63. The van der Waals surface area contributed by atoms with Gasteiger partial charge in [-0.25, -0.2) is 0 Å². The number of nitrogens with zero attached hydrogens (tertiary/aromatic N) is 3. The van der Waals surface area contributed by atoms with Crippen molar-refractivity contribution in [2.75, 3.05) is 39.0 Å². The van der Waals surface area contributed by atoms with E-state index < -0.39 is 0 Å². The summed E-state index contributed by atoms with van der Waals surface area (Å²) in [5, 5.41) is 3.19. The Balaban J connectivity index is 2.06. The number of pyridine rings is 1. The molecular formula is C15H24N4O. The Morgan fingerprint density at radius 3 is 3.05 bits per heavy atom. The van der Waals surface area contributed by atoms with Crippen molar-refractivity contribution in [1.29, 1.82) is 0 Å². The molecule has 2 rings (SSSR count). The molecule has 0 aromatic carbocycles. The highest BCUT2D eigenvalue weighted by Crippen LogP contribution is 2.19. The van der Waals surface area contributed by atoms with E-state index in [9.17, 15) is 4.79 Å². The van der Waals surface area contributed by atoms with Crippen molar-refractivity contribution in [3.63, 3.8) is 0 Å². The third kappa shape index (κ3) is 3.28. The molecule has 20 heavy (non-hydrogen) atoms. The summed E-state index contributed by atoms with van der Waals surface area (Å²) in [5.41, 5.74) is 1.51. The van der Waals surface area contributed by atoms with Crippen LogP contribution >= 0.6 is 0 Å². The summed E-state index contributed by atoms with van der Waals surface area (Å²) in [6, 6.07) is 2.27. The highest BCUT2D eigenvalue weighted by Gasteiger charge is 2.25. The summed E-state index contributed by atoms with van der Waals surface area (Å²) in [4.78, 5) is 20.8. The quantitative estimate of drug-likeness (QED) is 0.889. The van der Waals surface area contributed by atoms with E-state index in [0.29, 0.717) is 11.6 Å². The number of rotatable bonds is 5. The zero-order chi connectivity index (χ0) is 14.5. The fraction of sp³-hybridized carbons (Fsp3) is 0.600. The molecule has 110 valence electrons. The average molecular weight is 276 g/mol. The number of carbonyl (C=O) groups excluding carboxylic acids is 1. The van der Waals surface area contributed by atoms with Crippen molar-refractivity contribution in [2.24, 2.45) is 0 Å². The number of likely N-dealkylation sites (N-methyl/N-ethyl adjacent to an activating group) is 2. The lowest BCUT2D eigenvalue weighted by Gasteiger charge is -2.26. The minimum Gasteiger partial charge on any atom is -0.383 e. The zero-order valence-corrected chi connectivity index (χ0v) is 12.6. The topological polar surface area (TPSA) is 48.5 Å². The molecule has 0 spiro atoms. The van der Waals surface area contributed by atoms with Gasteiger partial charge in [-0.2, -0.15) is 0 Å². The largest absolute Gasteiger partial charge is 0.383 e. The van der Waals surface area contributed by atoms with E-state index in [0.717, 1.165) is 25.3 Å². The SMILES string of the molecule is CCNc1cnccc1C(=O)N(C)CC1CCCN1C. The number of likely N-dealkylation sites (tertiary alicyclic amines) is 1. The molecule has 0 radical (unpaired) electrons. The fourth-order valence-corrected chi connectivity index (χ4v) is 2.73. The third-order valence-electron chi connectivity index (χ3n) is 3.92. The van der Waals surface area contributed by atoms with Gasteiger partial charge in [0.1, 0.15) is 0 Å². The molecule has 1 aliphatic heterocycles. The fourth-order valence-electron chi connectivity index (χ4n) is 2.73. The van der Waals surface area contributed by atoms with Gasteiger partial charge >= 0.3 is 0 Å². The summed E-state index contributed by atoms with van der Waals surface area (Å²) in [6.45, 7) is 4.70. The van der Waals surface area contributed by atoms with Gasteiger partial charge < -0.3 is 15.1 Å². The molecule has 1 atom stereocenters. The van der Waals surface area contributed by atoms with E-state index in [1.165, 1.54) is 12.8 Å². The van der Waals surface area contributed by atoms with E-state index in [1.807, 2.05) is 18.9 Å². The van der Waals surface area contributed by atoms with Crippen LogP contribution in [0.3, 0.4) is 0 Å². The Bertz CT molecular complexity index is 463. The number of amides is 1. The summed E-state index contributed by atoms with van der Waals surface area (Å²) in [7, 11) is 4.01. The second-order valence-electron chi connectivity index (χ2n) is 5.41. The van der Waals surface area contributed by atoms with Gasteiger partial charge in [-0.1, -0.05) is 0 Å². The first-order valence-corrected chi connectivity index (χ1v) is 7.27. The molecule has 2 heterocycles. The Morgan fingerprint density at radius 1 is 1.60 bits per heavy atom. The maximum Gasteiger partial charge on any atom is 0.255 e. The number of hydrogen-bond acceptors (Lipinski definition) is 4. The Labute approximate surface area is 121 Å². The molecule has 5 heteroatoms. The van der Waals surface area contributed by atoms with Crippen molar-refractivity contribution >= 4 is 11.6 Å². The van der Waals surface area contributed by atoms with Crippen LogP contribution < -0.4 is 5.32 Å². The monoisotopic (exact) mass is 276 g/mol. The summed E-state index contributed by atoms with van der Waals surface area (Å²) in [6.07, 6.45) is 5.78. The summed E-state index contributed by atoms with van der Waals surface area (Å²) >= 11 is 0. The van der Waals surface area contributed by atoms with Crippen molar-refractivity contribution < 1.29 is 4.79 Å². The number of nitrogens with one attached hydrogen (secondary N) is 1. The van der Waals surface area contributed by atoms with Crippen LogP contribution in [0.5, 0.6) is 0 Å². The summed E-state index contributed by atoms with van der Waals surface area (Å²) < 4.78 is 0. The maximum atomic E-state index is 12.6. The molecule has 1 saturated heterocycles. The van der Waals surface area contributed by atoms with Gasteiger partial charge in [0, 0.05) is 32.4 Å². The van der Waals surface area contributed by atoms with Crippen LogP contribution in [0.15, 0.2) is 18.5 Å². The molecule has 1 aromatic heterocycles. The van der Waals surface area contributed by atoms with Gasteiger partial charge in [0.25, 0.3) is 5.91 Å². The second-order valence-corrected chi connectivity index (χ2v) is 5.41. The van der Waals surface area contributed by atoms with Crippen molar-refractivity contribution in [3.8, 4) is 0 Å². The maximum absolute atomic E-state index is 12.6. The van der Waals surface area contributed by atoms with E-state index in [1.54, 1.807) is 18.5 Å². The molecule has 0 aliphatic carbocycles. The van der Waals surface area contributed by atoms with E-state index in [-0.39, 0.29) is 5.91 Å². The van der Waals surface area contributed by atoms with Gasteiger partial charge in [-0.15, -0.1) is 0 Å². The molecule has 5 nitrogen and oxygen atoms in total. The van der Waals surface area contributed by atoms with E-state index in [2.05, 4.69) is 22.2 Å². The number of carbonyl (C=O) groups is 1. The van der Waals surface area contributed by atoms with Gasteiger partial charge in [-0.3, -0.25) is 9.78 Å². The molecule has 0 bridgehead atoms. The van der Waals surface area contributed by atoms with Gasteiger partial charge in [0.05, 0.1) is 17.4 Å². The van der Waals surface area contributed by atoms with E-state index in [4.69, 9.17) is 0 Å². The van der Waals surface area contributed by atoms with Gasteiger partial charge in [0.2, 0.25) is 0 Å². The minimum absolute atomic E-state index is 0.0589. The smallest absolute Gasteiger partial charge is 0.255 e. The normalized spacial score (nSPS) is 19.1. The lowest BCUT2D eigenvalue weighted by Crippen LogP contribution is -2.39. The highest BCUT2D eigenvalue weighted by atomic mass is 16.2. The van der Waals surface area contributed by atoms with Crippen molar-refractivity contribution in [1.82, 2.24) is 14.8 Å². The Kier molecular flexibility index (Phi) is 4.95. The van der Waals surface area contributed by atoms with Crippen LogP contribution in [-0.2, 0) is 0 Å². The van der Waals surface area contributed by atoms with Crippen LogP contribution in [0.25, 0.3) is 0 Å². The number of aromatic nitrogens is 1. The van der Waals surface area contributed by atoms with Gasteiger partial charge in [-0.05, 0) is 39.4 Å². The molecule has 1 amide bonds. The first kappa shape index (κ1) is 14.8. The predicted octanol–water partition coefficient (Wildman–Crippen LogP) is 1.68.